The molecular weight excluding hydrogens is 423 g/mol. The van der Waals surface area contributed by atoms with Crippen molar-refractivity contribution in [2.75, 3.05) is 0 Å². The van der Waals surface area contributed by atoms with Crippen molar-refractivity contribution in [2.45, 2.75) is 55.8 Å². The average molecular weight is 449 g/mol. The first kappa shape index (κ1) is 22.1. The van der Waals surface area contributed by atoms with Crippen LogP contribution in [-0.2, 0) is 12.8 Å². The van der Waals surface area contributed by atoms with Crippen LogP contribution < -0.4 is 4.74 Å². The summed E-state index contributed by atoms with van der Waals surface area (Å²) in [4.78, 5) is 8.53. The molecule has 1 unspecified atom stereocenters. The van der Waals surface area contributed by atoms with Gasteiger partial charge in [0.15, 0.2) is 0 Å². The van der Waals surface area contributed by atoms with Gasteiger partial charge in [0, 0.05) is 29.0 Å². The lowest BCUT2D eigenvalue weighted by atomic mass is 10.1. The van der Waals surface area contributed by atoms with Gasteiger partial charge in [-0.3, -0.25) is 0 Å². The standard InChI is InChI=1S/C23H26Cl2N2OS/c1-23(2,3)28-17-10-7-16(8-11-17)9-12-18(15-21-26-13-14-27-21)29-22-19(24)5-4-6-20(22)25/h4-8,10-11,13-14,18H,9,12,15H2,1-3H3,(H,26,27). The second-order valence-electron chi connectivity index (χ2n) is 7.93. The minimum absolute atomic E-state index is 0.194. The molecule has 1 heterocycles. The van der Waals surface area contributed by atoms with Crippen LogP contribution in [-0.4, -0.2) is 20.8 Å². The average Bonchev–Trinajstić information content (AvgIpc) is 3.15. The van der Waals surface area contributed by atoms with Gasteiger partial charge in [-0.25, -0.2) is 4.98 Å². The van der Waals surface area contributed by atoms with E-state index in [4.69, 9.17) is 27.9 Å². The fourth-order valence-electron chi connectivity index (χ4n) is 3.00. The van der Waals surface area contributed by atoms with Crippen molar-refractivity contribution in [3.05, 3.63) is 76.3 Å². The molecule has 0 spiro atoms. The predicted molar refractivity (Wildman–Crippen MR) is 124 cm³/mol. The molecule has 0 saturated heterocycles. The lowest BCUT2D eigenvalue weighted by Gasteiger charge is -2.21. The molecule has 0 bridgehead atoms. The zero-order chi connectivity index (χ0) is 20.9. The number of aromatic nitrogens is 2. The second kappa shape index (κ2) is 9.92. The SMILES string of the molecule is CC(C)(C)Oc1ccc(CCC(Cc2ncc[nH]2)Sc2c(Cl)cccc2Cl)cc1. The van der Waals surface area contributed by atoms with E-state index in [0.29, 0.717) is 15.3 Å². The Labute approximate surface area is 187 Å². The summed E-state index contributed by atoms with van der Waals surface area (Å²) >= 11 is 14.5. The van der Waals surface area contributed by atoms with Crippen molar-refractivity contribution in [3.8, 4) is 5.75 Å². The Morgan fingerprint density at radius 2 is 1.76 bits per heavy atom. The van der Waals surface area contributed by atoms with Gasteiger partial charge < -0.3 is 9.72 Å². The Morgan fingerprint density at radius 3 is 2.34 bits per heavy atom. The Balaban J connectivity index is 1.68. The summed E-state index contributed by atoms with van der Waals surface area (Å²) in [5.74, 6) is 1.87. The Hall–Kier alpha value is -1.62. The van der Waals surface area contributed by atoms with Gasteiger partial charge in [0.25, 0.3) is 0 Å². The van der Waals surface area contributed by atoms with Gasteiger partial charge in [0.05, 0.1) is 10.0 Å². The number of aromatic amines is 1. The number of H-pyrrole nitrogens is 1. The van der Waals surface area contributed by atoms with Crippen molar-refractivity contribution < 1.29 is 4.74 Å². The van der Waals surface area contributed by atoms with Crippen LogP contribution in [0.4, 0.5) is 0 Å². The van der Waals surface area contributed by atoms with Gasteiger partial charge >= 0.3 is 0 Å². The van der Waals surface area contributed by atoms with E-state index < -0.39 is 0 Å². The van der Waals surface area contributed by atoms with Crippen LogP contribution >= 0.6 is 35.0 Å². The van der Waals surface area contributed by atoms with Gasteiger partial charge in [-0.15, -0.1) is 11.8 Å². The van der Waals surface area contributed by atoms with Crippen LogP contribution in [0.2, 0.25) is 10.0 Å². The van der Waals surface area contributed by atoms with E-state index in [2.05, 4.69) is 42.9 Å². The number of hydrogen-bond donors (Lipinski definition) is 1. The molecule has 3 nitrogen and oxygen atoms in total. The Morgan fingerprint density at radius 1 is 1.07 bits per heavy atom. The maximum Gasteiger partial charge on any atom is 0.120 e. The lowest BCUT2D eigenvalue weighted by Crippen LogP contribution is -2.22. The first-order valence-electron chi connectivity index (χ1n) is 9.67. The molecule has 3 aromatic rings. The van der Waals surface area contributed by atoms with Crippen LogP contribution in [0.1, 0.15) is 38.6 Å². The number of imidazole rings is 1. The fourth-order valence-corrected chi connectivity index (χ4v) is 4.83. The number of benzene rings is 2. The molecule has 1 aromatic heterocycles. The highest BCUT2D eigenvalue weighted by atomic mass is 35.5. The van der Waals surface area contributed by atoms with Gasteiger partial charge in [-0.05, 0) is 63.4 Å². The topological polar surface area (TPSA) is 37.9 Å². The summed E-state index contributed by atoms with van der Waals surface area (Å²) in [7, 11) is 0. The number of halogens is 2. The molecule has 0 fully saturated rings. The summed E-state index contributed by atoms with van der Waals surface area (Å²) < 4.78 is 5.91. The number of ether oxygens (including phenoxy) is 1. The number of aryl methyl sites for hydroxylation is 1. The highest BCUT2D eigenvalue weighted by Gasteiger charge is 2.17. The molecular formula is C23H26Cl2N2OS. The number of thioether (sulfide) groups is 1. The highest BCUT2D eigenvalue weighted by molar-refractivity contribution is 8.00. The minimum Gasteiger partial charge on any atom is -0.488 e. The molecule has 154 valence electrons. The summed E-state index contributed by atoms with van der Waals surface area (Å²) in [6.07, 6.45) is 6.40. The smallest absolute Gasteiger partial charge is 0.120 e. The highest BCUT2D eigenvalue weighted by Crippen LogP contribution is 2.38. The van der Waals surface area contributed by atoms with E-state index in [1.54, 1.807) is 18.0 Å². The van der Waals surface area contributed by atoms with Crippen molar-refractivity contribution in [3.63, 3.8) is 0 Å². The van der Waals surface area contributed by atoms with Crippen LogP contribution in [0, 0.1) is 0 Å². The Kier molecular flexibility index (Phi) is 7.55. The summed E-state index contributed by atoms with van der Waals surface area (Å²) in [6, 6.07) is 14.0. The van der Waals surface area contributed by atoms with E-state index in [1.165, 1.54) is 5.56 Å². The number of rotatable bonds is 8. The number of nitrogens with zero attached hydrogens (tertiary/aromatic N) is 1. The van der Waals surface area contributed by atoms with Crippen LogP contribution in [0.15, 0.2) is 59.8 Å². The van der Waals surface area contributed by atoms with Crippen LogP contribution in [0.25, 0.3) is 0 Å². The normalized spacial score (nSPS) is 12.7. The van der Waals surface area contributed by atoms with E-state index >= 15 is 0 Å². The first-order valence-corrected chi connectivity index (χ1v) is 11.3. The van der Waals surface area contributed by atoms with Crippen molar-refractivity contribution in [1.29, 1.82) is 0 Å². The zero-order valence-electron chi connectivity index (χ0n) is 16.9. The monoisotopic (exact) mass is 448 g/mol. The van der Waals surface area contributed by atoms with Gasteiger partial charge in [0.2, 0.25) is 0 Å². The first-order chi connectivity index (χ1) is 13.8. The summed E-state index contributed by atoms with van der Waals surface area (Å²) in [5.41, 5.74) is 1.09. The molecule has 1 N–H and O–H groups in total. The maximum atomic E-state index is 6.40. The van der Waals surface area contributed by atoms with Crippen molar-refractivity contribution in [1.82, 2.24) is 9.97 Å². The van der Waals surface area contributed by atoms with Crippen LogP contribution in [0.3, 0.4) is 0 Å². The summed E-state index contributed by atoms with van der Waals surface area (Å²) in [6.45, 7) is 6.16. The van der Waals surface area contributed by atoms with Crippen LogP contribution in [0.5, 0.6) is 5.75 Å². The largest absolute Gasteiger partial charge is 0.488 e. The maximum absolute atomic E-state index is 6.40. The van der Waals surface area contributed by atoms with E-state index in [0.717, 1.165) is 35.7 Å². The molecule has 29 heavy (non-hydrogen) atoms. The second-order valence-corrected chi connectivity index (χ2v) is 10.1. The molecule has 0 saturated carbocycles. The minimum atomic E-state index is -0.194. The molecule has 3 rings (SSSR count). The number of hydrogen-bond acceptors (Lipinski definition) is 3. The lowest BCUT2D eigenvalue weighted by molar-refractivity contribution is 0.131. The fraction of sp³-hybridized carbons (Fsp3) is 0.348. The zero-order valence-corrected chi connectivity index (χ0v) is 19.2. The Bertz CT molecular complexity index is 885. The van der Waals surface area contributed by atoms with Gasteiger partial charge in [0.1, 0.15) is 17.2 Å². The summed E-state index contributed by atoms with van der Waals surface area (Å²) in [5, 5.41) is 1.68. The van der Waals surface area contributed by atoms with Gasteiger partial charge in [-0.2, -0.15) is 0 Å². The molecule has 0 aliphatic carbocycles. The molecule has 6 heteroatoms. The third kappa shape index (κ3) is 6.98. The van der Waals surface area contributed by atoms with Crippen molar-refractivity contribution in [2.24, 2.45) is 0 Å². The molecule has 1 atom stereocenters. The molecule has 0 amide bonds. The third-order valence-corrected chi connectivity index (χ3v) is 6.55. The predicted octanol–water partition coefficient (Wildman–Crippen LogP) is 7.23. The molecule has 2 aromatic carbocycles. The molecule has 0 aliphatic rings. The molecule has 0 radical (unpaired) electrons. The van der Waals surface area contributed by atoms with E-state index in [1.807, 2.05) is 36.5 Å². The molecule has 0 aliphatic heterocycles. The number of nitrogens with one attached hydrogen (secondary N) is 1. The van der Waals surface area contributed by atoms with Crippen molar-refractivity contribution >= 4 is 35.0 Å². The van der Waals surface area contributed by atoms with Gasteiger partial charge in [-0.1, -0.05) is 41.4 Å². The quantitative estimate of drug-likeness (QED) is 0.369. The third-order valence-electron chi connectivity index (χ3n) is 4.28. The van der Waals surface area contributed by atoms with E-state index in [-0.39, 0.29) is 5.60 Å². The van der Waals surface area contributed by atoms with E-state index in [9.17, 15) is 0 Å².